The number of hydrogen-bond donors (Lipinski definition) is 1. The Morgan fingerprint density at radius 1 is 1.78 bits per heavy atom. The Morgan fingerprint density at radius 2 is 2.56 bits per heavy atom. The summed E-state index contributed by atoms with van der Waals surface area (Å²) >= 11 is 0. The van der Waals surface area contributed by atoms with E-state index >= 15 is 0 Å². The minimum atomic E-state index is -0.339. The van der Waals surface area contributed by atoms with Crippen molar-refractivity contribution in [2.24, 2.45) is 0 Å². The van der Waals surface area contributed by atoms with Crippen LogP contribution in [0.4, 0.5) is 4.79 Å². The monoisotopic (exact) mass is 127 g/mol. The maximum atomic E-state index is 10.5. The lowest BCUT2D eigenvalue weighted by molar-refractivity contribution is 0.138. The van der Waals surface area contributed by atoms with E-state index in [0.717, 1.165) is 12.1 Å². The van der Waals surface area contributed by atoms with E-state index in [1.54, 1.807) is 0 Å². The number of nitrogens with one attached hydrogen (secondary N) is 1. The Labute approximate surface area is 53.7 Å². The maximum Gasteiger partial charge on any atom is 0.411 e. The van der Waals surface area contributed by atoms with Crippen LogP contribution >= 0.6 is 0 Å². The summed E-state index contributed by atoms with van der Waals surface area (Å²) in [5.74, 6) is 0. The number of ether oxygens (including phenoxy) is 1. The van der Waals surface area contributed by atoms with Crippen LogP contribution < -0.4 is 5.32 Å². The van der Waals surface area contributed by atoms with Crippen molar-refractivity contribution < 1.29 is 9.53 Å². The van der Waals surface area contributed by atoms with E-state index in [4.69, 9.17) is 0 Å². The molecule has 3 heteroatoms. The first-order valence-corrected chi connectivity index (χ1v) is 2.92. The average Bonchev–Trinajstić information content (AvgIpc) is 1.88. The summed E-state index contributed by atoms with van der Waals surface area (Å²) in [5.41, 5.74) is 0.950. The zero-order valence-electron chi connectivity index (χ0n) is 5.31. The molecule has 0 spiro atoms. The fraction of sp³-hybridized carbons (Fsp3) is 0.500. The summed E-state index contributed by atoms with van der Waals surface area (Å²) in [7, 11) is 0. The van der Waals surface area contributed by atoms with Gasteiger partial charge in [-0.25, -0.2) is 4.79 Å². The molecule has 1 heterocycles. The third-order valence-corrected chi connectivity index (χ3v) is 1.22. The van der Waals surface area contributed by atoms with Crippen molar-refractivity contribution in [1.82, 2.24) is 5.32 Å². The van der Waals surface area contributed by atoms with Crippen LogP contribution in [-0.2, 0) is 4.74 Å². The van der Waals surface area contributed by atoms with Gasteiger partial charge in [-0.15, -0.1) is 0 Å². The molecule has 0 aliphatic carbocycles. The molecule has 1 aliphatic rings. The van der Waals surface area contributed by atoms with Crippen molar-refractivity contribution in [3.05, 3.63) is 11.8 Å². The standard InChI is InChI=1S/C6H9NO2/c1-2-5-3-4-9-6(8)7-5/h2H,3-4H2,1H3,(H,7,8)/b5-2-. The quantitative estimate of drug-likeness (QED) is 0.527. The predicted molar refractivity (Wildman–Crippen MR) is 32.9 cm³/mol. The van der Waals surface area contributed by atoms with E-state index < -0.39 is 0 Å². The minimum absolute atomic E-state index is 0.339. The van der Waals surface area contributed by atoms with Gasteiger partial charge in [-0.1, -0.05) is 6.08 Å². The lowest BCUT2D eigenvalue weighted by Gasteiger charge is -2.14. The Morgan fingerprint density at radius 3 is 3.00 bits per heavy atom. The second-order valence-corrected chi connectivity index (χ2v) is 1.82. The second-order valence-electron chi connectivity index (χ2n) is 1.82. The number of rotatable bonds is 0. The van der Waals surface area contributed by atoms with Crippen LogP contribution in [0.15, 0.2) is 11.8 Å². The number of carbonyl (C=O) groups excluding carboxylic acids is 1. The van der Waals surface area contributed by atoms with Crippen molar-refractivity contribution in [2.75, 3.05) is 6.61 Å². The molecule has 9 heavy (non-hydrogen) atoms. The largest absolute Gasteiger partial charge is 0.449 e. The van der Waals surface area contributed by atoms with E-state index in [0.29, 0.717) is 6.61 Å². The van der Waals surface area contributed by atoms with Crippen molar-refractivity contribution in [3.8, 4) is 0 Å². The normalized spacial score (nSPS) is 23.2. The fourth-order valence-electron chi connectivity index (χ4n) is 0.700. The lowest BCUT2D eigenvalue weighted by Crippen LogP contribution is -2.29. The molecular formula is C6H9NO2. The first-order valence-electron chi connectivity index (χ1n) is 2.92. The number of allylic oxidation sites excluding steroid dienone is 1. The first kappa shape index (κ1) is 6.13. The van der Waals surface area contributed by atoms with Gasteiger partial charge in [-0.2, -0.15) is 0 Å². The van der Waals surface area contributed by atoms with Gasteiger partial charge in [0.15, 0.2) is 0 Å². The van der Waals surface area contributed by atoms with Crippen molar-refractivity contribution in [1.29, 1.82) is 0 Å². The molecule has 1 N–H and O–H groups in total. The molecule has 3 nitrogen and oxygen atoms in total. The summed E-state index contributed by atoms with van der Waals surface area (Å²) < 4.78 is 4.62. The molecule has 0 unspecified atom stereocenters. The second kappa shape index (κ2) is 2.53. The van der Waals surface area contributed by atoms with Gasteiger partial charge in [-0.3, -0.25) is 5.32 Å². The van der Waals surface area contributed by atoms with Gasteiger partial charge in [0.25, 0.3) is 0 Å². The SMILES string of the molecule is C/C=C1/CCOC(=O)N1. The summed E-state index contributed by atoms with van der Waals surface area (Å²) in [4.78, 5) is 10.5. The molecule has 1 rings (SSSR count). The number of alkyl carbamates (subject to hydrolysis) is 1. The van der Waals surface area contributed by atoms with Gasteiger partial charge in [0.2, 0.25) is 0 Å². The highest BCUT2D eigenvalue weighted by Crippen LogP contribution is 2.02. The molecule has 1 saturated heterocycles. The Kier molecular flexibility index (Phi) is 1.72. The number of cyclic esters (lactones) is 1. The zero-order valence-corrected chi connectivity index (χ0v) is 5.31. The maximum absolute atomic E-state index is 10.5. The summed E-state index contributed by atoms with van der Waals surface area (Å²) in [6.45, 7) is 2.40. The van der Waals surface area contributed by atoms with Crippen LogP contribution in [0.1, 0.15) is 13.3 Å². The smallest absolute Gasteiger partial charge is 0.411 e. The van der Waals surface area contributed by atoms with Gasteiger partial charge in [0, 0.05) is 12.1 Å². The Bertz CT molecular complexity index is 151. The predicted octanol–water partition coefficient (Wildman–Crippen LogP) is 1.02. The molecule has 0 bridgehead atoms. The van der Waals surface area contributed by atoms with Crippen molar-refractivity contribution in [3.63, 3.8) is 0 Å². The Hall–Kier alpha value is -0.990. The van der Waals surface area contributed by atoms with Crippen molar-refractivity contribution >= 4 is 6.09 Å². The van der Waals surface area contributed by atoms with E-state index in [2.05, 4.69) is 10.1 Å². The van der Waals surface area contributed by atoms with E-state index in [1.807, 2.05) is 13.0 Å². The molecule has 0 atom stereocenters. The third kappa shape index (κ3) is 1.45. The molecule has 50 valence electrons. The fourth-order valence-corrected chi connectivity index (χ4v) is 0.700. The molecule has 0 saturated carbocycles. The van der Waals surface area contributed by atoms with Gasteiger partial charge in [0.1, 0.15) is 0 Å². The lowest BCUT2D eigenvalue weighted by atomic mass is 10.3. The van der Waals surface area contributed by atoms with Crippen LogP contribution in [0.3, 0.4) is 0 Å². The minimum Gasteiger partial charge on any atom is -0.449 e. The topological polar surface area (TPSA) is 38.3 Å². The number of carbonyl (C=O) groups is 1. The summed E-state index contributed by atoms with van der Waals surface area (Å²) in [5, 5.41) is 2.57. The van der Waals surface area contributed by atoms with Crippen LogP contribution in [0.2, 0.25) is 0 Å². The zero-order chi connectivity index (χ0) is 6.69. The van der Waals surface area contributed by atoms with E-state index in [-0.39, 0.29) is 6.09 Å². The first-order chi connectivity index (χ1) is 4.33. The molecule has 1 aliphatic heterocycles. The third-order valence-electron chi connectivity index (χ3n) is 1.22. The van der Waals surface area contributed by atoms with E-state index in [1.165, 1.54) is 0 Å². The van der Waals surface area contributed by atoms with Crippen LogP contribution in [0, 0.1) is 0 Å². The Balaban J connectivity index is 2.51. The van der Waals surface area contributed by atoms with Gasteiger partial charge in [-0.05, 0) is 6.92 Å². The summed E-state index contributed by atoms with van der Waals surface area (Å²) in [6.07, 6.45) is 2.34. The van der Waals surface area contributed by atoms with Crippen LogP contribution in [0.25, 0.3) is 0 Å². The molecule has 0 aromatic carbocycles. The number of hydrogen-bond acceptors (Lipinski definition) is 2. The van der Waals surface area contributed by atoms with E-state index in [9.17, 15) is 4.79 Å². The van der Waals surface area contributed by atoms with Gasteiger partial charge >= 0.3 is 6.09 Å². The molecule has 0 radical (unpaired) electrons. The van der Waals surface area contributed by atoms with Crippen molar-refractivity contribution in [2.45, 2.75) is 13.3 Å². The summed E-state index contributed by atoms with van der Waals surface area (Å²) in [6, 6.07) is 0. The highest BCUT2D eigenvalue weighted by Gasteiger charge is 2.10. The highest BCUT2D eigenvalue weighted by atomic mass is 16.5. The van der Waals surface area contributed by atoms with Gasteiger partial charge < -0.3 is 4.74 Å². The van der Waals surface area contributed by atoms with Crippen LogP contribution in [0.5, 0.6) is 0 Å². The molecule has 1 amide bonds. The number of amides is 1. The molecular weight excluding hydrogens is 118 g/mol. The highest BCUT2D eigenvalue weighted by molar-refractivity contribution is 5.70. The average molecular weight is 127 g/mol. The van der Waals surface area contributed by atoms with Gasteiger partial charge in [0.05, 0.1) is 6.61 Å². The molecule has 0 aromatic rings. The van der Waals surface area contributed by atoms with Crippen LogP contribution in [-0.4, -0.2) is 12.7 Å². The molecule has 0 aromatic heterocycles. The molecule has 1 fully saturated rings.